The summed E-state index contributed by atoms with van der Waals surface area (Å²) < 4.78 is 12.6. The lowest BCUT2D eigenvalue weighted by atomic mass is 9.89. The van der Waals surface area contributed by atoms with Gasteiger partial charge >= 0.3 is 4.87 Å². The lowest BCUT2D eigenvalue weighted by Crippen LogP contribution is -2.34. The van der Waals surface area contributed by atoms with Crippen LogP contribution < -0.4 is 19.2 Å². The average Bonchev–Trinajstić information content (AvgIpc) is 3.02. The molecule has 7 heteroatoms. The molecule has 1 atom stereocenters. The highest BCUT2D eigenvalue weighted by molar-refractivity contribution is 7.10. The van der Waals surface area contributed by atoms with Crippen molar-refractivity contribution in [3.8, 4) is 11.5 Å². The Hall–Kier alpha value is -3.06. The predicted octanol–water partition coefficient (Wildman–Crippen LogP) is 3.66. The average molecular weight is 396 g/mol. The third-order valence-electron chi connectivity index (χ3n) is 4.99. The van der Waals surface area contributed by atoms with Gasteiger partial charge in [0.15, 0.2) is 11.5 Å². The number of aromatic nitrogens is 1. The number of nitrogens with zero attached hydrogens (tertiary/aromatic N) is 2. The fraction of sp³-hybridized carbons (Fsp3) is 0.238. The van der Waals surface area contributed by atoms with E-state index in [1.807, 2.05) is 48.5 Å². The second-order valence-corrected chi connectivity index (χ2v) is 7.51. The minimum Gasteiger partial charge on any atom is -0.493 e. The molecule has 28 heavy (non-hydrogen) atoms. The van der Waals surface area contributed by atoms with Crippen LogP contribution in [-0.2, 0) is 11.8 Å². The first kappa shape index (κ1) is 18.3. The number of benzene rings is 2. The smallest absolute Gasteiger partial charge is 0.308 e. The van der Waals surface area contributed by atoms with Gasteiger partial charge in [-0.1, -0.05) is 41.7 Å². The highest BCUT2D eigenvalue weighted by Crippen LogP contribution is 2.48. The molecule has 0 fully saturated rings. The zero-order valence-electron chi connectivity index (χ0n) is 15.8. The molecular formula is C21H20N2O4S. The van der Waals surface area contributed by atoms with Gasteiger partial charge in [0.1, 0.15) is 5.82 Å². The number of anilines is 2. The van der Waals surface area contributed by atoms with Crippen LogP contribution >= 0.6 is 11.3 Å². The van der Waals surface area contributed by atoms with Crippen molar-refractivity contribution >= 4 is 28.7 Å². The molecule has 0 saturated carbocycles. The number of carbonyl (C=O) groups excluding carboxylic acids is 1. The maximum Gasteiger partial charge on any atom is 0.308 e. The third-order valence-corrected chi connectivity index (χ3v) is 6.12. The van der Waals surface area contributed by atoms with Crippen molar-refractivity contribution < 1.29 is 14.3 Å². The zero-order chi connectivity index (χ0) is 19.8. The van der Waals surface area contributed by atoms with Crippen molar-refractivity contribution in [2.45, 2.75) is 12.3 Å². The molecule has 144 valence electrons. The van der Waals surface area contributed by atoms with Crippen LogP contribution in [0.15, 0.2) is 53.3 Å². The van der Waals surface area contributed by atoms with Crippen LogP contribution in [0.3, 0.4) is 0 Å². The topological polar surface area (TPSA) is 60.8 Å². The molecule has 1 aromatic heterocycles. The van der Waals surface area contributed by atoms with Crippen molar-refractivity contribution in [2.24, 2.45) is 7.05 Å². The van der Waals surface area contributed by atoms with Crippen LogP contribution in [0.2, 0.25) is 0 Å². The van der Waals surface area contributed by atoms with Gasteiger partial charge in [-0.05, 0) is 18.2 Å². The van der Waals surface area contributed by atoms with Gasteiger partial charge in [0.05, 0.1) is 24.8 Å². The Balaban J connectivity index is 1.93. The molecule has 1 unspecified atom stereocenters. The van der Waals surface area contributed by atoms with Gasteiger partial charge in [0.2, 0.25) is 5.91 Å². The summed E-state index contributed by atoms with van der Waals surface area (Å²) in [6.45, 7) is 0. The van der Waals surface area contributed by atoms with Crippen molar-refractivity contribution in [3.63, 3.8) is 0 Å². The van der Waals surface area contributed by atoms with E-state index >= 15 is 0 Å². The van der Waals surface area contributed by atoms with Gasteiger partial charge in [0, 0.05) is 24.9 Å². The molecule has 6 nitrogen and oxygen atoms in total. The second-order valence-electron chi connectivity index (χ2n) is 6.52. The largest absolute Gasteiger partial charge is 0.493 e. The molecule has 0 bridgehead atoms. The molecule has 1 aliphatic heterocycles. The standard InChI is InChI=1S/C21H20N2O4S/c1-22-20-19(28-21(22)25)15(14-10-7-11-16(26-2)18(14)27-3)12-17(24)23(20)13-8-5-4-6-9-13/h4-11,15H,12H2,1-3H3. The quantitative estimate of drug-likeness (QED) is 0.675. The maximum absolute atomic E-state index is 13.2. The summed E-state index contributed by atoms with van der Waals surface area (Å²) in [6.07, 6.45) is 0.241. The van der Waals surface area contributed by atoms with Crippen LogP contribution in [0.4, 0.5) is 11.5 Å². The van der Waals surface area contributed by atoms with E-state index in [0.717, 1.165) is 16.1 Å². The number of hydrogen-bond donors (Lipinski definition) is 0. The number of para-hydroxylation sites is 2. The Labute approximate surface area is 166 Å². The van der Waals surface area contributed by atoms with Crippen LogP contribution in [0.25, 0.3) is 0 Å². The molecule has 0 saturated heterocycles. The maximum atomic E-state index is 13.2. The molecule has 0 aliphatic carbocycles. The summed E-state index contributed by atoms with van der Waals surface area (Å²) in [6, 6.07) is 15.0. The Morgan fingerprint density at radius 1 is 1.00 bits per heavy atom. The number of thiazole rings is 1. The van der Waals surface area contributed by atoms with Crippen LogP contribution in [0, 0.1) is 0 Å². The Morgan fingerprint density at radius 2 is 1.75 bits per heavy atom. The monoisotopic (exact) mass is 396 g/mol. The van der Waals surface area contributed by atoms with Crippen molar-refractivity contribution in [3.05, 3.63) is 68.6 Å². The fourth-order valence-corrected chi connectivity index (χ4v) is 4.79. The van der Waals surface area contributed by atoms with E-state index in [4.69, 9.17) is 9.47 Å². The molecule has 2 heterocycles. The molecule has 1 amide bonds. The summed E-state index contributed by atoms with van der Waals surface area (Å²) >= 11 is 1.17. The molecule has 3 aromatic rings. The van der Waals surface area contributed by atoms with E-state index in [0.29, 0.717) is 17.3 Å². The number of amides is 1. The molecule has 0 spiro atoms. The van der Waals surface area contributed by atoms with E-state index in [1.165, 1.54) is 11.3 Å². The van der Waals surface area contributed by atoms with Gasteiger partial charge in [-0.15, -0.1) is 0 Å². The van der Waals surface area contributed by atoms with Gasteiger partial charge in [-0.25, -0.2) is 0 Å². The Kier molecular flexibility index (Phi) is 4.68. The first-order valence-corrected chi connectivity index (χ1v) is 9.67. The second kappa shape index (κ2) is 7.16. The molecule has 2 aromatic carbocycles. The Morgan fingerprint density at radius 3 is 2.43 bits per heavy atom. The number of methoxy groups -OCH3 is 2. The minimum absolute atomic E-state index is 0.0676. The van der Waals surface area contributed by atoms with Crippen LogP contribution in [-0.4, -0.2) is 24.7 Å². The number of fused-ring (bicyclic) bond motifs is 1. The zero-order valence-corrected chi connectivity index (χ0v) is 16.7. The Bertz CT molecular complexity index is 1090. The molecule has 1 aliphatic rings. The number of hydrogen-bond acceptors (Lipinski definition) is 5. The molecule has 0 N–H and O–H groups in total. The molecular weight excluding hydrogens is 376 g/mol. The minimum atomic E-state index is -0.272. The van der Waals surface area contributed by atoms with E-state index < -0.39 is 0 Å². The van der Waals surface area contributed by atoms with Crippen LogP contribution in [0.1, 0.15) is 22.8 Å². The first-order valence-electron chi connectivity index (χ1n) is 8.85. The summed E-state index contributed by atoms with van der Waals surface area (Å²) in [5.41, 5.74) is 1.59. The van der Waals surface area contributed by atoms with E-state index in [9.17, 15) is 9.59 Å². The lowest BCUT2D eigenvalue weighted by Gasteiger charge is -2.32. The van der Waals surface area contributed by atoms with Crippen molar-refractivity contribution in [1.82, 2.24) is 4.57 Å². The summed E-state index contributed by atoms with van der Waals surface area (Å²) in [5.74, 6) is 1.47. The third kappa shape index (κ3) is 2.79. The summed E-state index contributed by atoms with van der Waals surface area (Å²) in [4.78, 5) is 28.1. The van der Waals surface area contributed by atoms with Gasteiger partial charge in [-0.2, -0.15) is 0 Å². The van der Waals surface area contributed by atoms with Gasteiger partial charge in [0.25, 0.3) is 0 Å². The number of ether oxygens (including phenoxy) is 2. The fourth-order valence-electron chi connectivity index (χ4n) is 3.70. The van der Waals surface area contributed by atoms with E-state index in [1.54, 1.807) is 30.7 Å². The predicted molar refractivity (Wildman–Crippen MR) is 109 cm³/mol. The van der Waals surface area contributed by atoms with Gasteiger partial charge in [-0.3, -0.25) is 19.1 Å². The summed E-state index contributed by atoms with van der Waals surface area (Å²) in [5, 5.41) is 0. The molecule has 4 rings (SSSR count). The summed E-state index contributed by atoms with van der Waals surface area (Å²) in [7, 11) is 4.86. The van der Waals surface area contributed by atoms with E-state index in [2.05, 4.69) is 0 Å². The van der Waals surface area contributed by atoms with Crippen molar-refractivity contribution in [1.29, 1.82) is 0 Å². The normalized spacial score (nSPS) is 16.0. The molecule has 0 radical (unpaired) electrons. The van der Waals surface area contributed by atoms with Gasteiger partial charge < -0.3 is 9.47 Å². The SMILES string of the molecule is COc1cccc(C2CC(=O)N(c3ccccc3)c3c2sc(=O)n3C)c1OC. The van der Waals surface area contributed by atoms with Crippen molar-refractivity contribution in [2.75, 3.05) is 19.1 Å². The van der Waals surface area contributed by atoms with E-state index in [-0.39, 0.29) is 23.1 Å². The highest BCUT2D eigenvalue weighted by atomic mass is 32.1. The highest BCUT2D eigenvalue weighted by Gasteiger charge is 2.38. The first-order chi connectivity index (χ1) is 13.6. The van der Waals surface area contributed by atoms with Crippen LogP contribution in [0.5, 0.6) is 11.5 Å². The number of carbonyl (C=O) groups is 1. The number of rotatable bonds is 4. The lowest BCUT2D eigenvalue weighted by molar-refractivity contribution is -0.118.